The maximum atomic E-state index is 14.1. The van der Waals surface area contributed by atoms with Crippen LogP contribution in [0.1, 0.15) is 65.6 Å². The standard InChI is InChI=1S/C34H40F2N2O3S/c1-23-9-7-8-12-29(23)31-19-24(13-14-30(31)33(39)37-32(15-16-42-3)34(40)41-2)21-38(28-10-5-4-6-11-28)22-25-17-26(35)20-27(36)18-25/h7-9,12-14,17-20,28,32H,4-6,10-11,15-16,21-22H2,1-3H3,(H,37,39). The quantitative estimate of drug-likeness (QED) is 0.223. The van der Waals surface area contributed by atoms with Crippen molar-refractivity contribution >= 4 is 23.6 Å². The van der Waals surface area contributed by atoms with E-state index in [4.69, 9.17) is 4.74 Å². The molecule has 3 aromatic carbocycles. The lowest BCUT2D eigenvalue weighted by Gasteiger charge is -2.34. The highest BCUT2D eigenvalue weighted by Gasteiger charge is 2.25. The highest BCUT2D eigenvalue weighted by Crippen LogP contribution is 2.31. The second-order valence-corrected chi connectivity index (χ2v) is 12.0. The Morgan fingerprint density at radius 1 is 0.952 bits per heavy atom. The lowest BCUT2D eigenvalue weighted by molar-refractivity contribution is -0.142. The molecule has 0 heterocycles. The molecule has 1 aliphatic carbocycles. The van der Waals surface area contributed by atoms with Crippen LogP contribution in [0.4, 0.5) is 8.78 Å². The van der Waals surface area contributed by atoms with E-state index in [2.05, 4.69) is 10.2 Å². The van der Waals surface area contributed by atoms with Gasteiger partial charge in [-0.2, -0.15) is 11.8 Å². The van der Waals surface area contributed by atoms with Crippen molar-refractivity contribution in [2.24, 2.45) is 0 Å². The van der Waals surface area contributed by atoms with Gasteiger partial charge in [0.2, 0.25) is 0 Å². The molecular weight excluding hydrogens is 554 g/mol. The van der Waals surface area contributed by atoms with Gasteiger partial charge >= 0.3 is 5.97 Å². The van der Waals surface area contributed by atoms with E-state index in [9.17, 15) is 18.4 Å². The lowest BCUT2D eigenvalue weighted by atomic mass is 9.91. The topological polar surface area (TPSA) is 58.6 Å². The van der Waals surface area contributed by atoms with Gasteiger partial charge in [0, 0.05) is 30.8 Å². The van der Waals surface area contributed by atoms with E-state index in [1.165, 1.54) is 25.7 Å². The van der Waals surface area contributed by atoms with Gasteiger partial charge < -0.3 is 10.1 Å². The molecule has 0 aliphatic heterocycles. The van der Waals surface area contributed by atoms with E-state index < -0.39 is 23.6 Å². The van der Waals surface area contributed by atoms with Crippen molar-refractivity contribution in [3.05, 3.63) is 94.6 Å². The molecule has 0 radical (unpaired) electrons. The predicted molar refractivity (Wildman–Crippen MR) is 165 cm³/mol. The van der Waals surface area contributed by atoms with E-state index >= 15 is 0 Å². The van der Waals surface area contributed by atoms with Crippen LogP contribution in [-0.2, 0) is 22.6 Å². The molecule has 1 aliphatic rings. The number of methoxy groups -OCH3 is 1. The van der Waals surface area contributed by atoms with Crippen molar-refractivity contribution in [3.63, 3.8) is 0 Å². The van der Waals surface area contributed by atoms with E-state index in [1.54, 1.807) is 11.8 Å². The first-order valence-electron chi connectivity index (χ1n) is 14.5. The van der Waals surface area contributed by atoms with Crippen LogP contribution >= 0.6 is 11.8 Å². The Morgan fingerprint density at radius 3 is 2.31 bits per heavy atom. The van der Waals surface area contributed by atoms with Crippen molar-refractivity contribution in [3.8, 4) is 11.1 Å². The summed E-state index contributed by atoms with van der Waals surface area (Å²) in [7, 11) is 1.32. The summed E-state index contributed by atoms with van der Waals surface area (Å²) in [4.78, 5) is 28.3. The molecule has 1 amide bonds. The Hall–Kier alpha value is -3.23. The summed E-state index contributed by atoms with van der Waals surface area (Å²) >= 11 is 1.60. The Bertz CT molecular complexity index is 1360. The Morgan fingerprint density at radius 2 is 1.64 bits per heavy atom. The number of nitrogens with zero attached hydrogens (tertiary/aromatic N) is 1. The fourth-order valence-corrected chi connectivity index (χ4v) is 6.25. The van der Waals surface area contributed by atoms with Gasteiger partial charge in [0.25, 0.3) is 5.91 Å². The molecule has 3 aromatic rings. The first kappa shape index (κ1) is 31.7. The molecule has 224 valence electrons. The van der Waals surface area contributed by atoms with Gasteiger partial charge in [0.1, 0.15) is 17.7 Å². The average Bonchev–Trinajstić information content (AvgIpc) is 2.98. The lowest BCUT2D eigenvalue weighted by Crippen LogP contribution is -2.42. The van der Waals surface area contributed by atoms with Gasteiger partial charge in [-0.3, -0.25) is 9.69 Å². The molecule has 42 heavy (non-hydrogen) atoms. The van der Waals surface area contributed by atoms with Crippen LogP contribution in [-0.4, -0.2) is 48.0 Å². The van der Waals surface area contributed by atoms with E-state index in [0.717, 1.165) is 54.0 Å². The van der Waals surface area contributed by atoms with Crippen LogP contribution in [0.3, 0.4) is 0 Å². The van der Waals surface area contributed by atoms with E-state index in [-0.39, 0.29) is 5.91 Å². The summed E-state index contributed by atoms with van der Waals surface area (Å²) in [5, 5.41) is 2.90. The largest absolute Gasteiger partial charge is 0.467 e. The smallest absolute Gasteiger partial charge is 0.328 e. The molecule has 0 bridgehead atoms. The summed E-state index contributed by atoms with van der Waals surface area (Å²) in [6, 6.07) is 17.0. The molecule has 0 aromatic heterocycles. The average molecular weight is 595 g/mol. The molecule has 1 unspecified atom stereocenters. The third kappa shape index (κ3) is 8.42. The molecule has 0 spiro atoms. The number of nitrogens with one attached hydrogen (secondary N) is 1. The number of esters is 1. The molecule has 5 nitrogen and oxygen atoms in total. The van der Waals surface area contributed by atoms with Crippen molar-refractivity contribution in [1.82, 2.24) is 10.2 Å². The van der Waals surface area contributed by atoms with Crippen molar-refractivity contribution in [2.45, 2.75) is 70.6 Å². The molecule has 1 N–H and O–H groups in total. The number of halogens is 2. The highest BCUT2D eigenvalue weighted by atomic mass is 32.2. The van der Waals surface area contributed by atoms with Gasteiger partial charge in [0.15, 0.2) is 0 Å². The zero-order valence-corrected chi connectivity index (χ0v) is 25.4. The summed E-state index contributed by atoms with van der Waals surface area (Å²) < 4.78 is 33.1. The van der Waals surface area contributed by atoms with Crippen LogP contribution in [0.15, 0.2) is 60.7 Å². The summed E-state index contributed by atoms with van der Waals surface area (Å²) in [6.07, 6.45) is 7.95. The minimum absolute atomic E-state index is 0.298. The van der Waals surface area contributed by atoms with Crippen LogP contribution < -0.4 is 5.32 Å². The zero-order chi connectivity index (χ0) is 30.1. The fraction of sp³-hybridized carbons (Fsp3) is 0.412. The maximum Gasteiger partial charge on any atom is 0.328 e. The minimum Gasteiger partial charge on any atom is -0.467 e. The Balaban J connectivity index is 1.68. The van der Waals surface area contributed by atoms with Gasteiger partial charge in [0.05, 0.1) is 7.11 Å². The molecule has 1 fully saturated rings. The number of rotatable bonds is 12. The number of hydrogen-bond donors (Lipinski definition) is 1. The zero-order valence-electron chi connectivity index (χ0n) is 24.6. The molecule has 4 rings (SSSR count). The van der Waals surface area contributed by atoms with Gasteiger partial charge in [-0.15, -0.1) is 0 Å². The maximum absolute atomic E-state index is 14.1. The molecule has 1 atom stereocenters. The number of carbonyl (C=O) groups excluding carboxylic acids is 2. The first-order valence-corrected chi connectivity index (χ1v) is 15.9. The second-order valence-electron chi connectivity index (χ2n) is 11.0. The van der Waals surface area contributed by atoms with Crippen LogP contribution in [0.25, 0.3) is 11.1 Å². The third-order valence-corrected chi connectivity index (χ3v) is 8.59. The molecule has 1 saturated carbocycles. The Labute approximate surface area is 252 Å². The molecule has 0 saturated heterocycles. The van der Waals surface area contributed by atoms with Crippen molar-refractivity contribution in [2.75, 3.05) is 19.1 Å². The van der Waals surface area contributed by atoms with Gasteiger partial charge in [-0.25, -0.2) is 13.6 Å². The highest BCUT2D eigenvalue weighted by molar-refractivity contribution is 7.98. The summed E-state index contributed by atoms with van der Waals surface area (Å²) in [5.74, 6) is -1.25. The number of aryl methyl sites for hydroxylation is 1. The van der Waals surface area contributed by atoms with Crippen molar-refractivity contribution in [1.29, 1.82) is 0 Å². The number of carbonyl (C=O) groups is 2. The Kier molecular flexibility index (Phi) is 11.5. The number of ether oxygens (including phenoxy) is 1. The molecule has 8 heteroatoms. The van der Waals surface area contributed by atoms with Crippen molar-refractivity contribution < 1.29 is 23.1 Å². The summed E-state index contributed by atoms with van der Waals surface area (Å²) in [5.41, 5.74) is 4.81. The van der Waals surface area contributed by atoms with Crippen LogP contribution in [0.2, 0.25) is 0 Å². The van der Waals surface area contributed by atoms with Crippen LogP contribution in [0.5, 0.6) is 0 Å². The third-order valence-electron chi connectivity index (χ3n) is 7.95. The van der Waals surface area contributed by atoms with Gasteiger partial charge in [-0.1, -0.05) is 49.6 Å². The second kappa shape index (κ2) is 15.3. The van der Waals surface area contributed by atoms with E-state index in [0.29, 0.717) is 42.4 Å². The number of benzene rings is 3. The first-order chi connectivity index (χ1) is 20.3. The predicted octanol–water partition coefficient (Wildman–Crippen LogP) is 7.30. The number of thioether (sulfide) groups is 1. The summed E-state index contributed by atoms with van der Waals surface area (Å²) in [6.45, 7) is 3.01. The van der Waals surface area contributed by atoms with Crippen LogP contribution in [0, 0.1) is 18.6 Å². The number of hydrogen-bond acceptors (Lipinski definition) is 5. The molecular formula is C34H40F2N2O3S. The number of amides is 1. The normalized spacial score (nSPS) is 14.5. The monoisotopic (exact) mass is 594 g/mol. The van der Waals surface area contributed by atoms with E-state index in [1.807, 2.05) is 55.6 Å². The fourth-order valence-electron chi connectivity index (χ4n) is 5.78. The minimum atomic E-state index is -0.743. The van der Waals surface area contributed by atoms with Gasteiger partial charge in [-0.05, 0) is 90.3 Å². The SMILES string of the molecule is COC(=O)C(CCSC)NC(=O)c1ccc(CN(Cc2cc(F)cc(F)c2)C2CCCCC2)cc1-c1ccccc1C.